The van der Waals surface area contributed by atoms with Gasteiger partial charge in [-0.3, -0.25) is 4.79 Å². The van der Waals surface area contributed by atoms with E-state index in [1.807, 2.05) is 43.9 Å². The van der Waals surface area contributed by atoms with Crippen LogP contribution in [0.2, 0.25) is 0 Å². The van der Waals surface area contributed by atoms with Crippen molar-refractivity contribution in [3.8, 4) is 17.1 Å². The molecule has 2 aliphatic rings. The highest BCUT2D eigenvalue weighted by Gasteiger charge is 2.44. The van der Waals surface area contributed by atoms with E-state index in [1.165, 1.54) is 19.2 Å². The van der Waals surface area contributed by atoms with Crippen molar-refractivity contribution in [2.75, 3.05) is 25.0 Å². The molecule has 246 valence electrons. The SMILES string of the molecule is CCN(C(=O)OC)[C@H]1C[C@@H](N2C(=O)c3cccc(c3)S(=O)(=O)Nc3nc(cc(-c4c(C)cccc4C)n3)OC[C@H]2CC(C)(C)C)C1. The molecule has 1 saturated carbocycles. The molecule has 0 unspecified atom stereocenters. The lowest BCUT2D eigenvalue weighted by molar-refractivity contribution is -0.00399. The number of nitrogens with one attached hydrogen (secondary N) is 1. The number of carbonyl (C=O) groups excluding carboxylic acids is 2. The first-order valence-electron chi connectivity index (χ1n) is 15.6. The van der Waals surface area contributed by atoms with Crippen LogP contribution in [-0.4, -0.2) is 78.6 Å². The van der Waals surface area contributed by atoms with Crippen LogP contribution < -0.4 is 9.46 Å². The van der Waals surface area contributed by atoms with Crippen LogP contribution in [0.4, 0.5) is 10.7 Å². The molecule has 2 amide bonds. The molecule has 0 saturated heterocycles. The molecule has 3 aromatic rings. The Balaban J connectivity index is 1.62. The number of nitrogens with zero attached hydrogens (tertiary/aromatic N) is 4. The lowest BCUT2D eigenvalue weighted by Gasteiger charge is -2.49. The summed E-state index contributed by atoms with van der Waals surface area (Å²) in [6.45, 7) is 12.8. The van der Waals surface area contributed by atoms with Crippen LogP contribution >= 0.6 is 0 Å². The Kier molecular flexibility index (Phi) is 9.30. The quantitative estimate of drug-likeness (QED) is 0.366. The Morgan fingerprint density at radius 1 is 1.09 bits per heavy atom. The van der Waals surface area contributed by atoms with Gasteiger partial charge >= 0.3 is 6.09 Å². The van der Waals surface area contributed by atoms with Crippen molar-refractivity contribution in [3.63, 3.8) is 0 Å². The third kappa shape index (κ3) is 6.96. The van der Waals surface area contributed by atoms with Gasteiger partial charge in [0.2, 0.25) is 11.8 Å². The van der Waals surface area contributed by atoms with Crippen molar-refractivity contribution in [1.29, 1.82) is 0 Å². The number of aryl methyl sites for hydroxylation is 2. The lowest BCUT2D eigenvalue weighted by atomic mass is 9.81. The molecule has 4 bridgehead atoms. The Morgan fingerprint density at radius 3 is 2.39 bits per heavy atom. The molecule has 11 nitrogen and oxygen atoms in total. The molecule has 1 fully saturated rings. The largest absolute Gasteiger partial charge is 0.475 e. The molecule has 2 heterocycles. The first-order chi connectivity index (χ1) is 21.7. The highest BCUT2D eigenvalue weighted by Crippen LogP contribution is 2.37. The molecular formula is C34H43N5O6S. The van der Waals surface area contributed by atoms with E-state index in [1.54, 1.807) is 23.1 Å². The highest BCUT2D eigenvalue weighted by molar-refractivity contribution is 7.92. The highest BCUT2D eigenvalue weighted by atomic mass is 32.2. The first kappa shape index (κ1) is 33.2. The number of hydrogen-bond donors (Lipinski definition) is 1. The maximum atomic E-state index is 14.4. The summed E-state index contributed by atoms with van der Waals surface area (Å²) >= 11 is 0. The number of fused-ring (bicyclic) bond motifs is 4. The summed E-state index contributed by atoms with van der Waals surface area (Å²) in [6, 6.07) is 13.0. The number of carbonyl (C=O) groups is 2. The zero-order valence-corrected chi connectivity index (χ0v) is 28.3. The molecule has 1 aromatic heterocycles. The van der Waals surface area contributed by atoms with Gasteiger partial charge in [0.1, 0.15) is 6.61 Å². The van der Waals surface area contributed by atoms with Crippen molar-refractivity contribution in [1.82, 2.24) is 19.8 Å². The third-order valence-electron chi connectivity index (χ3n) is 8.63. The zero-order valence-electron chi connectivity index (χ0n) is 27.5. The van der Waals surface area contributed by atoms with Gasteiger partial charge in [0, 0.05) is 35.8 Å². The van der Waals surface area contributed by atoms with Crippen LogP contribution in [-0.2, 0) is 14.8 Å². The fourth-order valence-corrected chi connectivity index (χ4v) is 7.46. The molecule has 0 spiro atoms. The monoisotopic (exact) mass is 649 g/mol. The van der Waals surface area contributed by atoms with Crippen LogP contribution in [0.1, 0.15) is 68.4 Å². The van der Waals surface area contributed by atoms with Gasteiger partial charge in [-0.1, -0.05) is 45.0 Å². The van der Waals surface area contributed by atoms with E-state index in [0.29, 0.717) is 31.5 Å². The van der Waals surface area contributed by atoms with Crippen molar-refractivity contribution in [2.45, 2.75) is 83.8 Å². The fourth-order valence-electron chi connectivity index (χ4n) is 6.47. The summed E-state index contributed by atoms with van der Waals surface area (Å²) in [5.74, 6) is -0.232. The van der Waals surface area contributed by atoms with Gasteiger partial charge in [0.25, 0.3) is 15.9 Å². The molecule has 1 atom stereocenters. The lowest BCUT2D eigenvalue weighted by Crippen LogP contribution is -2.60. The van der Waals surface area contributed by atoms with Crippen molar-refractivity contribution in [2.24, 2.45) is 5.41 Å². The van der Waals surface area contributed by atoms with Crippen molar-refractivity contribution in [3.05, 3.63) is 65.2 Å². The molecule has 12 heteroatoms. The Labute approximate surface area is 271 Å². The van der Waals surface area contributed by atoms with Gasteiger partial charge in [-0.2, -0.15) is 4.98 Å². The average Bonchev–Trinajstić information content (AvgIpc) is 2.97. The maximum absolute atomic E-state index is 14.4. The number of aromatic nitrogens is 2. The predicted molar refractivity (Wildman–Crippen MR) is 175 cm³/mol. The van der Waals surface area contributed by atoms with Crippen LogP contribution in [0.3, 0.4) is 0 Å². The number of ether oxygens (including phenoxy) is 2. The standard InChI is InChI=1S/C34H43N5O6S/c1-8-38(33(41)44-7)24-16-25(17-24)39-26(19-34(4,5)6)20-45-29-18-28(30-21(2)11-9-12-22(30)3)35-32(36-29)37-46(42,43)27-14-10-13-23(15-27)31(39)40/h9-15,18,24-26H,8,16-17,19-20H2,1-7H3,(H,35,36,37)/t24-,25+,26-/m1/s1. The zero-order chi connectivity index (χ0) is 33.4. The second kappa shape index (κ2) is 12.9. The Hall–Kier alpha value is -4.19. The van der Waals surface area contributed by atoms with Crippen LogP contribution in [0.15, 0.2) is 53.4 Å². The van der Waals surface area contributed by atoms with Crippen LogP contribution in [0.5, 0.6) is 5.88 Å². The van der Waals surface area contributed by atoms with E-state index in [0.717, 1.165) is 16.7 Å². The predicted octanol–water partition coefficient (Wildman–Crippen LogP) is 5.82. The third-order valence-corrected chi connectivity index (χ3v) is 9.95. The summed E-state index contributed by atoms with van der Waals surface area (Å²) in [4.78, 5) is 39.3. The van der Waals surface area contributed by atoms with Crippen molar-refractivity contribution >= 4 is 28.0 Å². The molecule has 2 aromatic carbocycles. The van der Waals surface area contributed by atoms with Crippen molar-refractivity contribution < 1.29 is 27.5 Å². The number of anilines is 1. The average molecular weight is 650 g/mol. The van der Waals surface area contributed by atoms with E-state index in [2.05, 4.69) is 35.5 Å². The molecule has 46 heavy (non-hydrogen) atoms. The first-order valence-corrected chi connectivity index (χ1v) is 17.1. The van der Waals surface area contributed by atoms with E-state index >= 15 is 0 Å². The number of methoxy groups -OCH3 is 1. The molecule has 1 aliphatic heterocycles. The minimum absolute atomic E-state index is 0.0807. The molecule has 1 N–H and O–H groups in total. The minimum Gasteiger partial charge on any atom is -0.475 e. The number of sulfonamides is 1. The summed E-state index contributed by atoms with van der Waals surface area (Å²) in [5.41, 5.74) is 3.38. The summed E-state index contributed by atoms with van der Waals surface area (Å²) in [7, 11) is -2.81. The van der Waals surface area contributed by atoms with Gasteiger partial charge in [0.15, 0.2) is 0 Å². The van der Waals surface area contributed by atoms with Crippen LogP contribution in [0, 0.1) is 19.3 Å². The fraction of sp³-hybridized carbons (Fsp3) is 0.471. The summed E-state index contributed by atoms with van der Waals surface area (Å²) in [6.07, 6.45) is 1.32. The summed E-state index contributed by atoms with van der Waals surface area (Å²) < 4.78 is 41.1. The summed E-state index contributed by atoms with van der Waals surface area (Å²) in [5, 5.41) is 0. The second-order valence-corrected chi connectivity index (χ2v) is 15.0. The Bertz CT molecular complexity index is 1710. The minimum atomic E-state index is -4.17. The molecule has 5 rings (SSSR count). The van der Waals surface area contributed by atoms with E-state index < -0.39 is 16.1 Å². The second-order valence-electron chi connectivity index (χ2n) is 13.3. The molecule has 0 radical (unpaired) electrons. The van der Waals surface area contributed by atoms with Gasteiger partial charge in [-0.15, -0.1) is 0 Å². The molecule has 1 aliphatic carbocycles. The number of amides is 2. The number of benzene rings is 2. The number of rotatable bonds is 5. The Morgan fingerprint density at radius 2 is 1.76 bits per heavy atom. The molecular weight excluding hydrogens is 606 g/mol. The van der Waals surface area contributed by atoms with E-state index in [9.17, 15) is 18.0 Å². The normalized spacial score (nSPS) is 21.0. The number of hydrogen-bond acceptors (Lipinski definition) is 8. The maximum Gasteiger partial charge on any atom is 0.409 e. The van der Waals surface area contributed by atoms with Gasteiger partial charge < -0.3 is 19.3 Å². The van der Waals surface area contributed by atoms with Gasteiger partial charge in [-0.05, 0) is 74.8 Å². The van der Waals surface area contributed by atoms with Gasteiger partial charge in [0.05, 0.1) is 23.7 Å². The topological polar surface area (TPSA) is 131 Å². The van der Waals surface area contributed by atoms with E-state index in [-0.39, 0.29) is 58.3 Å². The van der Waals surface area contributed by atoms with Gasteiger partial charge in [-0.25, -0.2) is 22.9 Å². The van der Waals surface area contributed by atoms with Crippen LogP contribution in [0.25, 0.3) is 11.3 Å². The smallest absolute Gasteiger partial charge is 0.409 e. The van der Waals surface area contributed by atoms with E-state index in [4.69, 9.17) is 9.47 Å².